The molecule has 1 heterocycles. The zero-order valence-electron chi connectivity index (χ0n) is 8.74. The van der Waals surface area contributed by atoms with E-state index in [-0.39, 0.29) is 18.3 Å². The quantitative estimate of drug-likeness (QED) is 0.946. The lowest BCUT2D eigenvalue weighted by atomic mass is 10.2. The largest absolute Gasteiger partial charge is 0.457 e. The van der Waals surface area contributed by atoms with Gasteiger partial charge < -0.3 is 9.73 Å². The molecule has 3 nitrogen and oxygen atoms in total. The van der Waals surface area contributed by atoms with E-state index in [1.165, 1.54) is 18.4 Å². The first-order valence-corrected chi connectivity index (χ1v) is 5.72. The molecule has 0 atom stereocenters. The minimum Gasteiger partial charge on any atom is -0.457 e. The maximum absolute atomic E-state index is 12.9. The average molecular weight is 298 g/mol. The van der Waals surface area contributed by atoms with Crippen LogP contribution in [0.2, 0.25) is 0 Å². The van der Waals surface area contributed by atoms with Crippen molar-refractivity contribution in [1.82, 2.24) is 5.32 Å². The maximum atomic E-state index is 12.9. The van der Waals surface area contributed by atoms with Crippen molar-refractivity contribution in [2.75, 3.05) is 0 Å². The predicted octanol–water partition coefficient (Wildman–Crippen LogP) is 3.11. The van der Waals surface area contributed by atoms with Crippen molar-refractivity contribution in [3.63, 3.8) is 0 Å². The summed E-state index contributed by atoms with van der Waals surface area (Å²) in [5, 5.41) is 2.67. The van der Waals surface area contributed by atoms with Gasteiger partial charge in [-0.2, -0.15) is 0 Å². The van der Waals surface area contributed by atoms with Gasteiger partial charge in [0.25, 0.3) is 5.91 Å². The summed E-state index contributed by atoms with van der Waals surface area (Å²) < 4.78 is 18.2. The number of carbonyl (C=O) groups is 1. The fraction of sp³-hybridized carbons (Fsp3) is 0.0833. The molecule has 0 unspecified atom stereocenters. The lowest BCUT2D eigenvalue weighted by molar-refractivity contribution is 0.0949. The van der Waals surface area contributed by atoms with Crippen molar-refractivity contribution in [3.8, 4) is 0 Å². The molecule has 88 valence electrons. The molecule has 0 saturated heterocycles. The van der Waals surface area contributed by atoms with Crippen LogP contribution in [0.1, 0.15) is 15.9 Å². The SMILES string of the molecule is O=C(NCc1cccc(F)c1)c1ccoc1Br. The zero-order valence-corrected chi connectivity index (χ0v) is 10.3. The van der Waals surface area contributed by atoms with Gasteiger partial charge in [0, 0.05) is 6.54 Å². The van der Waals surface area contributed by atoms with Crippen LogP contribution < -0.4 is 5.32 Å². The summed E-state index contributed by atoms with van der Waals surface area (Å²) in [6.07, 6.45) is 1.42. The summed E-state index contributed by atoms with van der Waals surface area (Å²) in [6, 6.07) is 7.64. The third kappa shape index (κ3) is 2.94. The number of hydrogen-bond acceptors (Lipinski definition) is 2. The maximum Gasteiger partial charge on any atom is 0.256 e. The number of rotatable bonds is 3. The normalized spacial score (nSPS) is 10.2. The molecule has 2 aromatic rings. The summed E-state index contributed by atoms with van der Waals surface area (Å²) in [6.45, 7) is 0.272. The van der Waals surface area contributed by atoms with Crippen LogP contribution >= 0.6 is 15.9 Å². The van der Waals surface area contributed by atoms with E-state index in [0.29, 0.717) is 15.8 Å². The van der Waals surface area contributed by atoms with E-state index in [4.69, 9.17) is 4.42 Å². The van der Waals surface area contributed by atoms with Crippen molar-refractivity contribution in [1.29, 1.82) is 0 Å². The number of halogens is 2. The number of nitrogens with one attached hydrogen (secondary N) is 1. The number of benzene rings is 1. The van der Waals surface area contributed by atoms with Gasteiger partial charge in [-0.05, 0) is 39.7 Å². The van der Waals surface area contributed by atoms with Gasteiger partial charge in [0.1, 0.15) is 5.82 Å². The Morgan fingerprint density at radius 1 is 1.41 bits per heavy atom. The summed E-state index contributed by atoms with van der Waals surface area (Å²) >= 11 is 3.12. The topological polar surface area (TPSA) is 42.2 Å². The molecule has 0 aliphatic rings. The molecule has 2 rings (SSSR count). The van der Waals surface area contributed by atoms with E-state index in [1.54, 1.807) is 18.2 Å². The Balaban J connectivity index is 1.99. The molecule has 1 aromatic heterocycles. The fourth-order valence-corrected chi connectivity index (χ4v) is 1.80. The van der Waals surface area contributed by atoms with Gasteiger partial charge in [-0.3, -0.25) is 4.79 Å². The summed E-state index contributed by atoms with van der Waals surface area (Å²) in [5.74, 6) is -0.587. The van der Waals surface area contributed by atoms with E-state index in [9.17, 15) is 9.18 Å². The fourth-order valence-electron chi connectivity index (χ4n) is 1.38. The van der Waals surface area contributed by atoms with E-state index < -0.39 is 0 Å². The van der Waals surface area contributed by atoms with E-state index in [1.807, 2.05) is 0 Å². The molecule has 0 aliphatic heterocycles. The molecule has 5 heteroatoms. The second-order valence-corrected chi connectivity index (χ2v) is 4.14. The minimum absolute atomic E-state index is 0.269. The Kier molecular flexibility index (Phi) is 3.58. The molecule has 0 spiro atoms. The molecular formula is C12H9BrFNO2. The predicted molar refractivity (Wildman–Crippen MR) is 64.0 cm³/mol. The van der Waals surface area contributed by atoms with Crippen LogP contribution in [0.25, 0.3) is 0 Å². The molecular weight excluding hydrogens is 289 g/mol. The highest BCUT2D eigenvalue weighted by atomic mass is 79.9. The standard InChI is InChI=1S/C12H9BrFNO2/c13-11-10(4-5-17-11)12(16)15-7-8-2-1-3-9(14)6-8/h1-6H,7H2,(H,15,16). The van der Waals surface area contributed by atoms with Gasteiger partial charge in [-0.15, -0.1) is 0 Å². The monoisotopic (exact) mass is 297 g/mol. The van der Waals surface area contributed by atoms with Gasteiger partial charge in [-0.25, -0.2) is 4.39 Å². The number of amides is 1. The summed E-state index contributed by atoms with van der Waals surface area (Å²) in [7, 11) is 0. The highest BCUT2D eigenvalue weighted by molar-refractivity contribution is 9.10. The Morgan fingerprint density at radius 3 is 2.88 bits per heavy atom. The Hall–Kier alpha value is -1.62. The Morgan fingerprint density at radius 2 is 2.24 bits per heavy atom. The van der Waals surface area contributed by atoms with Crippen molar-refractivity contribution in [3.05, 3.63) is 58.2 Å². The van der Waals surface area contributed by atoms with Crippen LogP contribution in [-0.2, 0) is 6.54 Å². The van der Waals surface area contributed by atoms with Gasteiger partial charge in [0.05, 0.1) is 11.8 Å². The summed E-state index contributed by atoms with van der Waals surface area (Å²) in [4.78, 5) is 11.7. The van der Waals surface area contributed by atoms with Gasteiger partial charge in [0.2, 0.25) is 0 Å². The van der Waals surface area contributed by atoms with E-state index >= 15 is 0 Å². The zero-order chi connectivity index (χ0) is 12.3. The lowest BCUT2D eigenvalue weighted by Crippen LogP contribution is -2.22. The minimum atomic E-state index is -0.318. The molecule has 1 aromatic carbocycles. The van der Waals surface area contributed by atoms with Crippen molar-refractivity contribution < 1.29 is 13.6 Å². The molecule has 0 fully saturated rings. The van der Waals surface area contributed by atoms with Crippen LogP contribution in [0.4, 0.5) is 4.39 Å². The second kappa shape index (κ2) is 5.14. The number of carbonyl (C=O) groups excluding carboxylic acids is 1. The van der Waals surface area contributed by atoms with Crippen molar-refractivity contribution in [2.24, 2.45) is 0 Å². The van der Waals surface area contributed by atoms with Crippen LogP contribution in [0.5, 0.6) is 0 Å². The Labute approximate surface area is 106 Å². The Bertz CT molecular complexity index is 539. The molecule has 17 heavy (non-hydrogen) atoms. The molecule has 1 N–H and O–H groups in total. The molecule has 1 amide bonds. The first-order chi connectivity index (χ1) is 8.16. The van der Waals surface area contributed by atoms with Crippen molar-refractivity contribution in [2.45, 2.75) is 6.54 Å². The van der Waals surface area contributed by atoms with Gasteiger partial charge >= 0.3 is 0 Å². The first kappa shape index (κ1) is 11.9. The highest BCUT2D eigenvalue weighted by Crippen LogP contribution is 2.17. The second-order valence-electron chi connectivity index (χ2n) is 3.42. The smallest absolute Gasteiger partial charge is 0.256 e. The third-order valence-corrected chi connectivity index (χ3v) is 2.82. The van der Waals surface area contributed by atoms with Crippen LogP contribution in [0.15, 0.2) is 45.7 Å². The summed E-state index contributed by atoms with van der Waals surface area (Å²) in [5.41, 5.74) is 1.12. The molecule has 0 radical (unpaired) electrons. The van der Waals surface area contributed by atoms with E-state index in [2.05, 4.69) is 21.2 Å². The molecule has 0 aliphatic carbocycles. The number of hydrogen-bond donors (Lipinski definition) is 1. The van der Waals surface area contributed by atoms with Crippen LogP contribution in [0.3, 0.4) is 0 Å². The average Bonchev–Trinajstić information content (AvgIpc) is 2.72. The molecule has 0 bridgehead atoms. The first-order valence-electron chi connectivity index (χ1n) is 4.92. The molecule has 0 saturated carbocycles. The van der Waals surface area contributed by atoms with Crippen LogP contribution in [0, 0.1) is 5.82 Å². The lowest BCUT2D eigenvalue weighted by Gasteiger charge is -2.04. The van der Waals surface area contributed by atoms with E-state index in [0.717, 1.165) is 0 Å². The number of furan rings is 1. The van der Waals surface area contributed by atoms with Crippen LogP contribution in [-0.4, -0.2) is 5.91 Å². The third-order valence-electron chi connectivity index (χ3n) is 2.20. The van der Waals surface area contributed by atoms with Gasteiger partial charge in [0.15, 0.2) is 4.67 Å². The van der Waals surface area contributed by atoms with Crippen molar-refractivity contribution >= 4 is 21.8 Å². The van der Waals surface area contributed by atoms with Gasteiger partial charge in [-0.1, -0.05) is 12.1 Å². The highest BCUT2D eigenvalue weighted by Gasteiger charge is 2.11.